The van der Waals surface area contributed by atoms with Crippen molar-refractivity contribution < 1.29 is 28.0 Å². The second kappa shape index (κ2) is 14.2. The Bertz CT molecular complexity index is 2260. The lowest BCUT2D eigenvalue weighted by Gasteiger charge is -2.44. The highest BCUT2D eigenvalue weighted by atomic mass is 19.1. The third-order valence-electron chi connectivity index (χ3n) is 9.49. The molecule has 53 heavy (non-hydrogen) atoms. The van der Waals surface area contributed by atoms with Crippen molar-refractivity contribution in [1.29, 1.82) is 0 Å². The molecule has 2 aliphatic rings. The van der Waals surface area contributed by atoms with Crippen LogP contribution in [0.25, 0.3) is 28.0 Å². The van der Waals surface area contributed by atoms with E-state index in [4.69, 9.17) is 0 Å². The van der Waals surface area contributed by atoms with E-state index in [1.165, 1.54) is 44.3 Å². The van der Waals surface area contributed by atoms with Gasteiger partial charge in [0.05, 0.1) is 33.6 Å². The first kappa shape index (κ1) is 36.7. The average molecular weight is 728 g/mol. The molecule has 0 saturated carbocycles. The number of halogens is 2. The molecule has 2 aliphatic heterocycles. The number of amides is 4. The van der Waals surface area contributed by atoms with E-state index in [0.717, 1.165) is 16.7 Å². The molecular formula is C37H39F2N9O5. The molecule has 0 spiro atoms. The molecule has 14 nitrogen and oxygen atoms in total. The Labute approximate surface area is 303 Å². The molecule has 4 atom stereocenters. The number of piperazine rings is 1. The molecule has 16 heteroatoms. The molecule has 1 aromatic carbocycles. The number of nitrogens with zero attached hydrogens (tertiary/aromatic N) is 6. The first-order valence-electron chi connectivity index (χ1n) is 17.2. The third-order valence-corrected chi connectivity index (χ3v) is 9.49. The number of nitrogens with one attached hydrogen (secondary N) is 3. The van der Waals surface area contributed by atoms with Gasteiger partial charge in [0, 0.05) is 31.4 Å². The average Bonchev–Trinajstić information content (AvgIpc) is 3.11. The zero-order chi connectivity index (χ0) is 38.5. The molecule has 5 heterocycles. The van der Waals surface area contributed by atoms with Gasteiger partial charge < -0.3 is 25.8 Å². The fourth-order valence-electron chi connectivity index (χ4n) is 6.71. The summed E-state index contributed by atoms with van der Waals surface area (Å²) in [4.78, 5) is 84.5. The van der Waals surface area contributed by atoms with E-state index in [9.17, 15) is 24.0 Å². The maximum Gasteiger partial charge on any atom is 0.355 e. The Morgan fingerprint density at radius 2 is 1.66 bits per heavy atom. The van der Waals surface area contributed by atoms with Gasteiger partial charge in [0.15, 0.2) is 11.5 Å². The monoisotopic (exact) mass is 727 g/mol. The molecule has 276 valence electrons. The Morgan fingerprint density at radius 1 is 0.943 bits per heavy atom. The maximum atomic E-state index is 16.6. The van der Waals surface area contributed by atoms with Crippen molar-refractivity contribution in [2.75, 3.05) is 23.3 Å². The maximum absolute atomic E-state index is 16.6. The van der Waals surface area contributed by atoms with Crippen LogP contribution in [0.15, 0.2) is 54.0 Å². The number of hydrogen-bond donors (Lipinski definition) is 3. The van der Waals surface area contributed by atoms with Crippen LogP contribution in [0.3, 0.4) is 0 Å². The van der Waals surface area contributed by atoms with E-state index in [1.807, 2.05) is 13.8 Å². The summed E-state index contributed by atoms with van der Waals surface area (Å²) in [5.41, 5.74) is -2.00. The Kier molecular flexibility index (Phi) is 9.81. The second-order valence-electron chi connectivity index (χ2n) is 13.6. The number of hydrogen-bond acceptors (Lipinski definition) is 9. The lowest BCUT2D eigenvalue weighted by atomic mass is 10.0. The number of carbonyl (C=O) groups is 4. The van der Waals surface area contributed by atoms with Gasteiger partial charge in [-0.3, -0.25) is 24.2 Å². The molecule has 0 radical (unpaired) electrons. The number of anilines is 2. The van der Waals surface area contributed by atoms with Gasteiger partial charge in [-0.1, -0.05) is 26.5 Å². The minimum atomic E-state index is -1.16. The SMILES string of the molecule is C=CC(=O)N1C[C@H](C)N(c2nc(=O)n3c4nc(c(F)cc24)-c2c(F)cccc2NC(=O)C(C)NC(=O)C(C)NC(=O)c2ccnc(C(C)C)c2-3)C[C@H]1C. The van der Waals surface area contributed by atoms with Crippen molar-refractivity contribution in [2.45, 2.75) is 71.6 Å². The topological polar surface area (TPSA) is 172 Å². The number of fused-ring (bicyclic) bond motifs is 5. The Balaban J connectivity index is 1.73. The highest BCUT2D eigenvalue weighted by Crippen LogP contribution is 2.37. The van der Waals surface area contributed by atoms with Crippen molar-refractivity contribution in [2.24, 2.45) is 0 Å². The van der Waals surface area contributed by atoms with Gasteiger partial charge in [-0.2, -0.15) is 4.98 Å². The fourth-order valence-corrected chi connectivity index (χ4v) is 6.71. The number of carbonyl (C=O) groups excluding carboxylic acids is 4. The van der Waals surface area contributed by atoms with Gasteiger partial charge >= 0.3 is 5.69 Å². The second-order valence-corrected chi connectivity index (χ2v) is 13.6. The predicted octanol–water partition coefficient (Wildman–Crippen LogP) is 3.43. The van der Waals surface area contributed by atoms with Crippen LogP contribution >= 0.6 is 0 Å². The third kappa shape index (κ3) is 6.60. The summed E-state index contributed by atoms with van der Waals surface area (Å²) in [5, 5.41) is 7.75. The zero-order valence-electron chi connectivity index (χ0n) is 30.0. The first-order valence-corrected chi connectivity index (χ1v) is 17.2. The van der Waals surface area contributed by atoms with Crippen molar-refractivity contribution >= 4 is 46.2 Å². The molecule has 4 amide bonds. The van der Waals surface area contributed by atoms with Crippen LogP contribution in [-0.2, 0) is 14.4 Å². The van der Waals surface area contributed by atoms with Crippen molar-refractivity contribution in [3.8, 4) is 16.9 Å². The smallest absolute Gasteiger partial charge is 0.349 e. The minimum Gasteiger partial charge on any atom is -0.349 e. The molecule has 1 saturated heterocycles. The van der Waals surface area contributed by atoms with Gasteiger partial charge in [0.25, 0.3) is 5.91 Å². The van der Waals surface area contributed by atoms with Crippen LogP contribution in [0.2, 0.25) is 0 Å². The molecule has 6 rings (SSSR count). The molecule has 1 fully saturated rings. The van der Waals surface area contributed by atoms with E-state index >= 15 is 8.78 Å². The molecule has 2 unspecified atom stereocenters. The molecule has 2 bridgehead atoms. The van der Waals surface area contributed by atoms with Crippen LogP contribution in [0.4, 0.5) is 20.3 Å². The summed E-state index contributed by atoms with van der Waals surface area (Å²) in [6.07, 6.45) is 2.61. The van der Waals surface area contributed by atoms with E-state index in [0.29, 0.717) is 0 Å². The summed E-state index contributed by atoms with van der Waals surface area (Å²) < 4.78 is 33.5. The van der Waals surface area contributed by atoms with E-state index < -0.39 is 64.4 Å². The van der Waals surface area contributed by atoms with Crippen LogP contribution in [-0.4, -0.2) is 85.3 Å². The molecular weight excluding hydrogens is 688 g/mol. The van der Waals surface area contributed by atoms with Crippen LogP contribution < -0.4 is 26.5 Å². The largest absolute Gasteiger partial charge is 0.355 e. The van der Waals surface area contributed by atoms with Crippen molar-refractivity contribution in [3.05, 3.63) is 82.6 Å². The first-order chi connectivity index (χ1) is 25.1. The van der Waals surface area contributed by atoms with Crippen molar-refractivity contribution in [1.82, 2.24) is 35.1 Å². The Hall–Kier alpha value is -6.06. The fraction of sp³-hybridized carbons (Fsp3) is 0.351. The summed E-state index contributed by atoms with van der Waals surface area (Å²) in [5.74, 6) is -4.74. The highest BCUT2D eigenvalue weighted by Gasteiger charge is 2.35. The van der Waals surface area contributed by atoms with Crippen LogP contribution in [0.1, 0.15) is 63.5 Å². The number of rotatable bonds is 3. The van der Waals surface area contributed by atoms with E-state index in [1.54, 1.807) is 23.6 Å². The van der Waals surface area contributed by atoms with Crippen LogP contribution in [0, 0.1) is 11.6 Å². The Morgan fingerprint density at radius 3 is 2.36 bits per heavy atom. The van der Waals surface area contributed by atoms with Gasteiger partial charge in [-0.25, -0.2) is 23.1 Å². The molecule has 4 aromatic rings. The minimum absolute atomic E-state index is 0.0166. The van der Waals surface area contributed by atoms with E-state index in [-0.39, 0.29) is 70.4 Å². The quantitative estimate of drug-likeness (QED) is 0.268. The number of benzene rings is 1. The zero-order valence-corrected chi connectivity index (χ0v) is 30.0. The summed E-state index contributed by atoms with van der Waals surface area (Å²) in [7, 11) is 0. The van der Waals surface area contributed by atoms with Gasteiger partial charge in [0.1, 0.15) is 29.4 Å². The lowest BCUT2D eigenvalue weighted by molar-refractivity contribution is -0.128. The molecule has 0 aliphatic carbocycles. The number of aromatic nitrogens is 4. The summed E-state index contributed by atoms with van der Waals surface area (Å²) in [6, 6.07) is 3.12. The molecule has 3 N–H and O–H groups in total. The van der Waals surface area contributed by atoms with Gasteiger partial charge in [-0.15, -0.1) is 0 Å². The standard InChI is InChI=1S/C37H39F2N9O5/c1-8-27(49)46-15-19(5)47(16-18(46)4)32-23-14-25(39)30-28-24(38)10-9-11-26(28)43-35(51)21(7)41-34(50)20(6)42-36(52)22-12-13-40-29(17(2)3)31(22)48(33(23)44-30)37(53)45-32/h8-14,17-21H,1,15-16H2,2-7H3,(H,41,50)(H,42,52)(H,43,51)/t18-,19+,20?,21?/m1/s1. The predicted molar refractivity (Wildman–Crippen MR) is 194 cm³/mol. The number of pyridine rings is 2. The van der Waals surface area contributed by atoms with Gasteiger partial charge in [-0.05, 0) is 64.0 Å². The van der Waals surface area contributed by atoms with E-state index in [2.05, 4.69) is 37.5 Å². The van der Waals surface area contributed by atoms with Gasteiger partial charge in [0.2, 0.25) is 17.7 Å². The van der Waals surface area contributed by atoms with Crippen molar-refractivity contribution in [3.63, 3.8) is 0 Å². The summed E-state index contributed by atoms with van der Waals surface area (Å²) in [6.45, 7) is 14.1. The normalized spacial score (nSPS) is 20.8. The van der Waals surface area contributed by atoms with Crippen LogP contribution in [0.5, 0.6) is 0 Å². The molecule has 3 aromatic heterocycles. The highest BCUT2D eigenvalue weighted by molar-refractivity contribution is 6.04. The summed E-state index contributed by atoms with van der Waals surface area (Å²) >= 11 is 0. The lowest BCUT2D eigenvalue weighted by Crippen LogP contribution is -2.58.